The molecule has 0 radical (unpaired) electrons. The molecule has 0 spiro atoms. The van der Waals surface area contributed by atoms with Crippen molar-refractivity contribution in [3.05, 3.63) is 78.1 Å². The number of hydrogen-bond acceptors (Lipinski definition) is 7. The maximum absolute atomic E-state index is 13.0. The summed E-state index contributed by atoms with van der Waals surface area (Å²) in [5.74, 6) is 1.59. The molecule has 0 saturated carbocycles. The van der Waals surface area contributed by atoms with Gasteiger partial charge >= 0.3 is 6.01 Å². The highest BCUT2D eigenvalue weighted by molar-refractivity contribution is 5.92. The Morgan fingerprint density at radius 2 is 1.77 bits per heavy atom. The summed E-state index contributed by atoms with van der Waals surface area (Å²) in [5, 5.41) is 11.2. The number of nitrogens with one attached hydrogen (secondary N) is 1. The first-order valence-electron chi connectivity index (χ1n) is 9.77. The number of anilines is 3. The first-order chi connectivity index (χ1) is 14.7. The summed E-state index contributed by atoms with van der Waals surface area (Å²) in [6.45, 7) is 2.29. The predicted molar refractivity (Wildman–Crippen MR) is 113 cm³/mol. The first-order valence-corrected chi connectivity index (χ1v) is 9.77. The molecule has 4 aromatic rings. The molecular formula is C23H20N4O3. The quantitative estimate of drug-likeness (QED) is 0.544. The number of ketones is 1. The molecule has 2 aromatic heterocycles. The third kappa shape index (κ3) is 3.45. The monoisotopic (exact) mass is 400 g/mol. The smallest absolute Gasteiger partial charge is 0.316 e. The number of carbonyl (C=O) groups is 1. The Morgan fingerprint density at radius 1 is 0.967 bits per heavy atom. The lowest BCUT2D eigenvalue weighted by atomic mass is 10.0. The lowest BCUT2D eigenvalue weighted by molar-refractivity contribution is -0.118. The van der Waals surface area contributed by atoms with E-state index in [-0.39, 0.29) is 17.7 Å². The largest absolute Gasteiger partial charge is 0.456 e. The Kier molecular flexibility index (Phi) is 4.55. The van der Waals surface area contributed by atoms with Crippen LogP contribution in [0.3, 0.4) is 0 Å². The van der Waals surface area contributed by atoms with E-state index in [1.54, 1.807) is 6.07 Å². The molecule has 0 amide bonds. The van der Waals surface area contributed by atoms with Crippen molar-refractivity contribution < 1.29 is 13.6 Å². The summed E-state index contributed by atoms with van der Waals surface area (Å²) in [4.78, 5) is 15.2. The summed E-state index contributed by atoms with van der Waals surface area (Å²) in [6.07, 6.45) is 0.329. The lowest BCUT2D eigenvalue weighted by Crippen LogP contribution is -2.39. The predicted octanol–water partition coefficient (Wildman–Crippen LogP) is 4.38. The average Bonchev–Trinajstić information content (AvgIpc) is 3.38. The third-order valence-electron chi connectivity index (χ3n) is 5.14. The highest BCUT2D eigenvalue weighted by atomic mass is 16.4. The van der Waals surface area contributed by atoms with Crippen LogP contribution in [-0.2, 0) is 11.2 Å². The Bertz CT molecular complexity index is 1180. The molecule has 5 rings (SSSR count). The van der Waals surface area contributed by atoms with Crippen LogP contribution in [0.2, 0.25) is 0 Å². The van der Waals surface area contributed by atoms with Gasteiger partial charge in [0.25, 0.3) is 5.89 Å². The Morgan fingerprint density at radius 3 is 2.57 bits per heavy atom. The molecule has 0 saturated heterocycles. The van der Waals surface area contributed by atoms with E-state index in [0.717, 1.165) is 22.7 Å². The van der Waals surface area contributed by atoms with E-state index in [9.17, 15) is 4.79 Å². The lowest BCUT2D eigenvalue weighted by Gasteiger charge is -2.27. The summed E-state index contributed by atoms with van der Waals surface area (Å²) in [6, 6.07) is 21.3. The van der Waals surface area contributed by atoms with Crippen LogP contribution in [0.15, 0.2) is 75.6 Å². The van der Waals surface area contributed by atoms with Crippen molar-refractivity contribution in [2.45, 2.75) is 19.4 Å². The van der Waals surface area contributed by atoms with Crippen molar-refractivity contribution in [1.29, 1.82) is 0 Å². The Balaban J connectivity index is 1.44. The normalized spacial score (nSPS) is 16.2. The van der Waals surface area contributed by atoms with Gasteiger partial charge in [-0.2, -0.15) is 0 Å². The minimum absolute atomic E-state index is 0.0643. The average molecular weight is 400 g/mol. The van der Waals surface area contributed by atoms with E-state index in [1.807, 2.05) is 67.6 Å². The molecule has 7 heteroatoms. The number of rotatable bonds is 4. The number of furan rings is 1. The van der Waals surface area contributed by atoms with Gasteiger partial charge in [0, 0.05) is 17.8 Å². The molecule has 0 aliphatic carbocycles. The number of aryl methyl sites for hydroxylation is 1. The van der Waals surface area contributed by atoms with Crippen LogP contribution in [0.5, 0.6) is 0 Å². The first kappa shape index (κ1) is 18.2. The summed E-state index contributed by atoms with van der Waals surface area (Å²) < 4.78 is 11.2. The van der Waals surface area contributed by atoms with Crippen molar-refractivity contribution in [3.8, 4) is 11.7 Å². The van der Waals surface area contributed by atoms with Gasteiger partial charge in [-0.15, -0.1) is 5.10 Å². The van der Waals surface area contributed by atoms with Gasteiger partial charge in [-0.05, 0) is 42.8 Å². The fourth-order valence-electron chi connectivity index (χ4n) is 3.68. The van der Waals surface area contributed by atoms with Crippen molar-refractivity contribution >= 4 is 23.2 Å². The molecule has 0 fully saturated rings. The Hall–Kier alpha value is -3.87. The van der Waals surface area contributed by atoms with E-state index < -0.39 is 6.04 Å². The van der Waals surface area contributed by atoms with Crippen LogP contribution < -0.4 is 10.2 Å². The molecule has 1 aliphatic rings. The molecule has 1 N–H and O–H groups in total. The van der Waals surface area contributed by atoms with Gasteiger partial charge in [-0.1, -0.05) is 41.5 Å². The van der Waals surface area contributed by atoms with Crippen molar-refractivity contribution in [2.24, 2.45) is 0 Å². The number of aromatic nitrogens is 2. The highest BCUT2D eigenvalue weighted by Gasteiger charge is 2.30. The second-order valence-electron chi connectivity index (χ2n) is 7.24. The molecule has 30 heavy (non-hydrogen) atoms. The number of para-hydroxylation sites is 2. The molecule has 0 bridgehead atoms. The van der Waals surface area contributed by atoms with Gasteiger partial charge in [0.05, 0.1) is 6.54 Å². The fourth-order valence-corrected chi connectivity index (χ4v) is 3.68. The number of fused-ring (bicyclic) bond motifs is 1. The number of Topliss-reactive ketones (excluding diaryl/α,β-unsaturated/α-hetero) is 1. The highest BCUT2D eigenvalue weighted by Crippen LogP contribution is 2.32. The molecule has 3 heterocycles. The molecule has 1 aliphatic heterocycles. The minimum atomic E-state index is -0.510. The van der Waals surface area contributed by atoms with Crippen LogP contribution in [0.1, 0.15) is 11.3 Å². The number of carbonyl (C=O) groups excluding carboxylic acids is 1. The number of hydrogen-bond donors (Lipinski definition) is 1. The van der Waals surface area contributed by atoms with Gasteiger partial charge in [0.1, 0.15) is 11.8 Å². The number of nitrogens with zero attached hydrogens (tertiary/aromatic N) is 3. The molecule has 1 atom stereocenters. The summed E-state index contributed by atoms with van der Waals surface area (Å²) >= 11 is 0. The molecule has 0 unspecified atom stereocenters. The maximum Gasteiger partial charge on any atom is 0.316 e. The Labute approximate surface area is 173 Å². The van der Waals surface area contributed by atoms with E-state index in [1.165, 1.54) is 0 Å². The minimum Gasteiger partial charge on any atom is -0.456 e. The summed E-state index contributed by atoms with van der Waals surface area (Å²) in [5.41, 5.74) is 3.04. The topological polar surface area (TPSA) is 84.4 Å². The van der Waals surface area contributed by atoms with Gasteiger partial charge < -0.3 is 19.1 Å². The second kappa shape index (κ2) is 7.51. The van der Waals surface area contributed by atoms with E-state index >= 15 is 0 Å². The number of benzene rings is 2. The zero-order valence-electron chi connectivity index (χ0n) is 16.4. The maximum atomic E-state index is 13.0. The van der Waals surface area contributed by atoms with Crippen LogP contribution in [0.25, 0.3) is 11.7 Å². The van der Waals surface area contributed by atoms with Crippen molar-refractivity contribution in [1.82, 2.24) is 10.2 Å². The zero-order chi connectivity index (χ0) is 20.5. The van der Waals surface area contributed by atoms with Gasteiger partial charge in [0.15, 0.2) is 11.5 Å². The van der Waals surface area contributed by atoms with Gasteiger partial charge in [0.2, 0.25) is 0 Å². The zero-order valence-corrected chi connectivity index (χ0v) is 16.4. The van der Waals surface area contributed by atoms with Crippen LogP contribution in [-0.4, -0.2) is 28.6 Å². The molecular weight excluding hydrogens is 380 g/mol. The standard InChI is InChI=1S/C23H20N4O3/c1-15-11-12-21(29-15)22-25-26-23(30-22)24-18-14-27(17-8-3-2-4-9-17)19-10-6-5-7-16(19)13-20(18)28/h2-12,18H,13-14H2,1H3,(H,24,26)/t18-/m0/s1. The van der Waals surface area contributed by atoms with E-state index in [4.69, 9.17) is 8.83 Å². The molecule has 2 aromatic carbocycles. The van der Waals surface area contributed by atoms with Crippen LogP contribution in [0.4, 0.5) is 17.4 Å². The van der Waals surface area contributed by atoms with E-state index in [0.29, 0.717) is 18.7 Å². The van der Waals surface area contributed by atoms with Gasteiger partial charge in [-0.25, -0.2) is 0 Å². The van der Waals surface area contributed by atoms with Crippen LogP contribution in [0, 0.1) is 6.92 Å². The van der Waals surface area contributed by atoms with Crippen molar-refractivity contribution in [3.63, 3.8) is 0 Å². The van der Waals surface area contributed by atoms with Crippen LogP contribution >= 0.6 is 0 Å². The second-order valence-corrected chi connectivity index (χ2v) is 7.24. The fraction of sp³-hybridized carbons (Fsp3) is 0.174. The SMILES string of the molecule is Cc1ccc(-c2nnc(N[C@H]3CN(c4ccccc4)c4ccccc4CC3=O)o2)o1. The van der Waals surface area contributed by atoms with Crippen molar-refractivity contribution in [2.75, 3.05) is 16.8 Å². The molecule has 150 valence electrons. The summed E-state index contributed by atoms with van der Waals surface area (Å²) in [7, 11) is 0. The van der Waals surface area contributed by atoms with E-state index in [2.05, 4.69) is 20.4 Å². The third-order valence-corrected chi connectivity index (χ3v) is 5.14. The van der Waals surface area contributed by atoms with Gasteiger partial charge in [-0.3, -0.25) is 4.79 Å². The molecule has 7 nitrogen and oxygen atoms in total.